The van der Waals surface area contributed by atoms with E-state index in [4.69, 9.17) is 4.74 Å². The van der Waals surface area contributed by atoms with Crippen LogP contribution in [-0.4, -0.2) is 70.6 Å². The molecule has 0 spiro atoms. The van der Waals surface area contributed by atoms with E-state index in [1.807, 2.05) is 69.3 Å². The number of amides is 3. The molecule has 4 N–H and O–H groups in total. The molecule has 3 amide bonds. The molecule has 0 aromatic heterocycles. The normalized spacial score (nSPS) is 20.8. The third kappa shape index (κ3) is 8.98. The van der Waals surface area contributed by atoms with Gasteiger partial charge in [0, 0.05) is 37.7 Å². The van der Waals surface area contributed by atoms with Gasteiger partial charge in [-0.15, -0.1) is 0 Å². The first-order chi connectivity index (χ1) is 24.9. The van der Waals surface area contributed by atoms with Crippen molar-refractivity contribution in [3.8, 4) is 5.75 Å². The number of hydrogen-bond donors (Lipinski definition) is 4. The zero-order chi connectivity index (χ0) is 37.4. The topological polar surface area (TPSA) is 120 Å². The summed E-state index contributed by atoms with van der Waals surface area (Å²) in [7, 11) is 0. The maximum Gasteiger partial charge on any atom is 0.249 e. The highest BCUT2D eigenvalue weighted by molar-refractivity contribution is 5.96. The predicted octanol–water partition coefficient (Wildman–Crippen LogP) is 5.01. The summed E-state index contributed by atoms with van der Waals surface area (Å²) in [5, 5.41) is 21.4. The quantitative estimate of drug-likeness (QED) is 0.165. The summed E-state index contributed by atoms with van der Waals surface area (Å²) in [6, 6.07) is 16.2. The second-order valence-corrected chi connectivity index (χ2v) is 14.3. The average Bonchev–Trinajstić information content (AvgIpc) is 3.44. The van der Waals surface area contributed by atoms with Crippen LogP contribution in [0.5, 0.6) is 5.75 Å². The van der Waals surface area contributed by atoms with Crippen LogP contribution >= 0.6 is 0 Å². The molecule has 2 aliphatic heterocycles. The molecule has 0 aliphatic carbocycles. The van der Waals surface area contributed by atoms with E-state index in [1.54, 1.807) is 4.90 Å². The number of likely N-dealkylation sites (tertiary alicyclic amines) is 1. The summed E-state index contributed by atoms with van der Waals surface area (Å²) in [5.74, 6) is -2.05. The third-order valence-electron chi connectivity index (χ3n) is 10.7. The van der Waals surface area contributed by atoms with Gasteiger partial charge in [-0.2, -0.15) is 0 Å². The summed E-state index contributed by atoms with van der Waals surface area (Å²) >= 11 is 0. The minimum absolute atomic E-state index is 0.0612. The van der Waals surface area contributed by atoms with Gasteiger partial charge < -0.3 is 30.7 Å². The molecule has 0 saturated carbocycles. The molecule has 2 aliphatic rings. The number of benzene rings is 3. The monoisotopic (exact) mass is 718 g/mol. The molecular weight excluding hydrogens is 666 g/mol. The molecule has 5 rings (SSSR count). The Morgan fingerprint density at radius 3 is 2.46 bits per heavy atom. The van der Waals surface area contributed by atoms with E-state index in [1.165, 1.54) is 19.1 Å². The van der Waals surface area contributed by atoms with Crippen molar-refractivity contribution in [3.05, 3.63) is 101 Å². The maximum absolute atomic E-state index is 14.5. The Morgan fingerprint density at radius 2 is 1.79 bits per heavy atom. The lowest BCUT2D eigenvalue weighted by Gasteiger charge is -2.37. The summed E-state index contributed by atoms with van der Waals surface area (Å²) < 4.78 is 34.8. The molecule has 1 saturated heterocycles. The standard InChI is InChI=1S/C41H52F2N4O5/c1-5-19-52-37-14-10-13-30-23-34(44-25-33(30)37)38(49)35(22-29-20-31(42)24-32(43)21-29)45-39(50)36(16-15-28-11-8-7-9-12-28)47-18-17-41(40(47)51,26(3)6-2)46-27(4)48/h7-14,20-21,24,26,34-36,38,44,49H,5-6,15-19,22-23,25H2,1-4H3,(H,45,50)(H,46,48)/t26-,34-,35+,36+,38+,41+/m1/s1. The number of fused-ring (bicyclic) bond motifs is 1. The number of ether oxygens (including phenoxy) is 1. The van der Waals surface area contributed by atoms with Crippen molar-refractivity contribution in [1.82, 2.24) is 20.9 Å². The van der Waals surface area contributed by atoms with Crippen LogP contribution in [0.2, 0.25) is 0 Å². The van der Waals surface area contributed by atoms with Crippen molar-refractivity contribution in [3.63, 3.8) is 0 Å². The zero-order valence-corrected chi connectivity index (χ0v) is 30.6. The number of hydrogen-bond acceptors (Lipinski definition) is 6. The van der Waals surface area contributed by atoms with Gasteiger partial charge in [-0.1, -0.05) is 69.7 Å². The fraction of sp³-hybridized carbons (Fsp3) is 0.488. The highest BCUT2D eigenvalue weighted by atomic mass is 19.1. The van der Waals surface area contributed by atoms with Crippen LogP contribution in [0.1, 0.15) is 75.6 Å². The van der Waals surface area contributed by atoms with Gasteiger partial charge in [-0.05, 0) is 79.3 Å². The number of aliphatic hydroxyl groups excluding tert-OH is 1. The van der Waals surface area contributed by atoms with Crippen LogP contribution in [0.15, 0.2) is 66.7 Å². The zero-order valence-electron chi connectivity index (χ0n) is 30.6. The highest BCUT2D eigenvalue weighted by Gasteiger charge is 2.53. The fourth-order valence-corrected chi connectivity index (χ4v) is 7.73. The van der Waals surface area contributed by atoms with E-state index in [-0.39, 0.29) is 42.7 Å². The Labute approximate surface area is 305 Å². The lowest BCUT2D eigenvalue weighted by Crippen LogP contribution is -2.61. The van der Waals surface area contributed by atoms with Gasteiger partial charge in [0.1, 0.15) is 29.0 Å². The van der Waals surface area contributed by atoms with Crippen molar-refractivity contribution in [1.29, 1.82) is 0 Å². The Kier molecular flexibility index (Phi) is 13.0. The number of halogens is 2. The van der Waals surface area contributed by atoms with Crippen LogP contribution in [0.3, 0.4) is 0 Å². The van der Waals surface area contributed by atoms with E-state index < -0.39 is 47.3 Å². The number of nitrogens with zero attached hydrogens (tertiary/aromatic N) is 1. The first-order valence-electron chi connectivity index (χ1n) is 18.5. The van der Waals surface area contributed by atoms with Gasteiger partial charge >= 0.3 is 0 Å². The van der Waals surface area contributed by atoms with Gasteiger partial charge in [0.25, 0.3) is 0 Å². The van der Waals surface area contributed by atoms with Crippen molar-refractivity contribution >= 4 is 17.7 Å². The van der Waals surface area contributed by atoms with Crippen LogP contribution in [-0.2, 0) is 40.2 Å². The van der Waals surface area contributed by atoms with E-state index in [0.29, 0.717) is 38.8 Å². The molecule has 3 aromatic carbocycles. The van der Waals surface area contributed by atoms with E-state index in [2.05, 4.69) is 16.0 Å². The fourth-order valence-electron chi connectivity index (χ4n) is 7.73. The number of rotatable bonds is 16. The van der Waals surface area contributed by atoms with Crippen molar-refractivity contribution in [2.24, 2.45) is 5.92 Å². The Morgan fingerprint density at radius 1 is 1.06 bits per heavy atom. The molecule has 0 radical (unpaired) electrons. The maximum atomic E-state index is 14.5. The summed E-state index contributed by atoms with van der Waals surface area (Å²) in [4.78, 5) is 42.8. The van der Waals surface area contributed by atoms with Gasteiger partial charge in [-0.3, -0.25) is 14.4 Å². The SMILES string of the molecule is CCCOc1cccc2c1CN[C@@H]([C@H](O)[C@H](Cc1cc(F)cc(F)c1)NC(=O)[C@H](CCc1ccccc1)N1CC[C@](NC(C)=O)([C@H](C)CC)C1=O)C2. The summed E-state index contributed by atoms with van der Waals surface area (Å²) in [6.45, 7) is 8.57. The number of carbonyl (C=O) groups excluding carboxylic acids is 3. The summed E-state index contributed by atoms with van der Waals surface area (Å²) in [6.07, 6.45) is 1.82. The lowest BCUT2D eigenvalue weighted by atomic mass is 9.81. The molecule has 52 heavy (non-hydrogen) atoms. The number of nitrogens with one attached hydrogen (secondary N) is 3. The lowest BCUT2D eigenvalue weighted by molar-refractivity contribution is -0.144. The minimum Gasteiger partial charge on any atom is -0.493 e. The second kappa shape index (κ2) is 17.4. The molecular formula is C41H52F2N4O5. The Bertz CT molecular complexity index is 1690. The Balaban J connectivity index is 1.45. The number of carbonyl (C=O) groups is 3. The first kappa shape index (κ1) is 38.9. The highest BCUT2D eigenvalue weighted by Crippen LogP contribution is 2.35. The molecule has 0 bridgehead atoms. The van der Waals surface area contributed by atoms with Crippen molar-refractivity contribution in [2.45, 2.75) is 109 Å². The van der Waals surface area contributed by atoms with Gasteiger partial charge in [-0.25, -0.2) is 8.78 Å². The largest absolute Gasteiger partial charge is 0.493 e. The third-order valence-corrected chi connectivity index (χ3v) is 10.7. The molecule has 280 valence electrons. The molecule has 6 atom stereocenters. The molecule has 0 unspecified atom stereocenters. The first-order valence-corrected chi connectivity index (χ1v) is 18.5. The van der Waals surface area contributed by atoms with Crippen LogP contribution in [0.4, 0.5) is 8.78 Å². The van der Waals surface area contributed by atoms with Gasteiger partial charge in [0.2, 0.25) is 17.7 Å². The molecule has 3 aromatic rings. The van der Waals surface area contributed by atoms with Gasteiger partial charge in [0.05, 0.1) is 18.8 Å². The van der Waals surface area contributed by atoms with E-state index in [0.717, 1.165) is 34.9 Å². The van der Waals surface area contributed by atoms with E-state index in [9.17, 15) is 28.3 Å². The average molecular weight is 719 g/mol. The molecule has 11 heteroatoms. The number of aryl methyl sites for hydroxylation is 1. The predicted molar refractivity (Wildman–Crippen MR) is 195 cm³/mol. The molecule has 9 nitrogen and oxygen atoms in total. The van der Waals surface area contributed by atoms with E-state index >= 15 is 0 Å². The van der Waals surface area contributed by atoms with Crippen molar-refractivity contribution < 1.29 is 33.0 Å². The number of aliphatic hydroxyl groups is 1. The van der Waals surface area contributed by atoms with Crippen LogP contribution in [0.25, 0.3) is 0 Å². The minimum atomic E-state index is -1.17. The van der Waals surface area contributed by atoms with Gasteiger partial charge in [0.15, 0.2) is 0 Å². The molecule has 2 heterocycles. The van der Waals surface area contributed by atoms with Crippen molar-refractivity contribution in [2.75, 3.05) is 13.2 Å². The summed E-state index contributed by atoms with van der Waals surface area (Å²) in [5.41, 5.74) is 2.11. The van der Waals surface area contributed by atoms with Crippen LogP contribution in [0, 0.1) is 17.6 Å². The second-order valence-electron chi connectivity index (χ2n) is 14.3. The smallest absolute Gasteiger partial charge is 0.249 e. The Hall–Kier alpha value is -4.35. The molecule has 1 fully saturated rings. The van der Waals surface area contributed by atoms with Crippen LogP contribution < -0.4 is 20.7 Å².